The van der Waals surface area contributed by atoms with Gasteiger partial charge in [0, 0.05) is 24.0 Å². The van der Waals surface area contributed by atoms with Crippen molar-refractivity contribution in [3.05, 3.63) is 48.9 Å². The van der Waals surface area contributed by atoms with Crippen LogP contribution in [0.15, 0.2) is 48.9 Å². The molecule has 0 atom stereocenters. The molecular weight excluding hydrogens is 226 g/mol. The number of ether oxygens (including phenoxy) is 1. The number of nitrogens with zero attached hydrogens (tertiary/aromatic N) is 3. The normalized spacial score (nSPS) is 10.7. The third kappa shape index (κ3) is 1.82. The Morgan fingerprint density at radius 2 is 2.00 bits per heavy atom. The molecule has 90 valence electrons. The molecule has 4 heteroatoms. The molecule has 0 saturated heterocycles. The number of benzene rings is 1. The molecule has 18 heavy (non-hydrogen) atoms. The van der Waals surface area contributed by atoms with E-state index in [0.29, 0.717) is 12.6 Å². The monoisotopic (exact) mass is 239 g/mol. The quantitative estimate of drug-likeness (QED) is 0.705. The topological polar surface area (TPSA) is 39.9 Å². The van der Waals surface area contributed by atoms with Crippen LogP contribution in [-0.4, -0.2) is 21.1 Å². The van der Waals surface area contributed by atoms with Gasteiger partial charge in [-0.2, -0.15) is 0 Å². The summed E-state index contributed by atoms with van der Waals surface area (Å²) in [4.78, 5) is 8.50. The lowest BCUT2D eigenvalue weighted by Gasteiger charge is -2.05. The van der Waals surface area contributed by atoms with Crippen molar-refractivity contribution in [2.45, 2.75) is 6.92 Å². The lowest BCUT2D eigenvalue weighted by molar-refractivity contribution is 0.340. The molecule has 0 bridgehead atoms. The molecule has 2 heterocycles. The van der Waals surface area contributed by atoms with Crippen LogP contribution in [-0.2, 0) is 0 Å². The number of rotatable bonds is 3. The largest absolute Gasteiger partial charge is 0.494 e. The maximum Gasteiger partial charge on any atom is 0.234 e. The van der Waals surface area contributed by atoms with Crippen molar-refractivity contribution < 1.29 is 4.74 Å². The standard InChI is InChI=1S/C14H13N3O/c1-2-18-12-4-5-13-11(10-12)6-9-17(13)14-15-7-3-8-16-14/h3-10H,2H2,1H3. The molecule has 3 aromatic rings. The van der Waals surface area contributed by atoms with E-state index in [-0.39, 0.29) is 0 Å². The Labute approximate surface area is 105 Å². The Morgan fingerprint density at radius 1 is 1.17 bits per heavy atom. The average molecular weight is 239 g/mol. The summed E-state index contributed by atoms with van der Waals surface area (Å²) < 4.78 is 7.45. The summed E-state index contributed by atoms with van der Waals surface area (Å²) in [5, 5.41) is 1.12. The van der Waals surface area contributed by atoms with Gasteiger partial charge in [0.05, 0.1) is 12.1 Å². The molecule has 0 radical (unpaired) electrons. The molecule has 4 nitrogen and oxygen atoms in total. The molecule has 1 aromatic carbocycles. The summed E-state index contributed by atoms with van der Waals surface area (Å²) in [5.41, 5.74) is 1.07. The Bertz CT molecular complexity index is 661. The third-order valence-electron chi connectivity index (χ3n) is 2.74. The lowest BCUT2D eigenvalue weighted by atomic mass is 10.2. The maximum absolute atomic E-state index is 5.49. The predicted molar refractivity (Wildman–Crippen MR) is 70.0 cm³/mol. The van der Waals surface area contributed by atoms with Crippen LogP contribution in [0.2, 0.25) is 0 Å². The van der Waals surface area contributed by atoms with E-state index in [9.17, 15) is 0 Å². The van der Waals surface area contributed by atoms with Crippen molar-refractivity contribution >= 4 is 10.9 Å². The number of hydrogen-bond acceptors (Lipinski definition) is 3. The maximum atomic E-state index is 5.49. The zero-order valence-corrected chi connectivity index (χ0v) is 10.1. The SMILES string of the molecule is CCOc1ccc2c(ccn2-c2ncccn2)c1. The minimum Gasteiger partial charge on any atom is -0.494 e. The fraction of sp³-hybridized carbons (Fsp3) is 0.143. The Kier molecular flexibility index (Phi) is 2.68. The van der Waals surface area contributed by atoms with E-state index in [4.69, 9.17) is 4.74 Å². The van der Waals surface area contributed by atoms with Gasteiger partial charge in [-0.1, -0.05) is 0 Å². The third-order valence-corrected chi connectivity index (χ3v) is 2.74. The van der Waals surface area contributed by atoms with Crippen LogP contribution in [0.4, 0.5) is 0 Å². The minimum atomic E-state index is 0.675. The van der Waals surface area contributed by atoms with Crippen LogP contribution in [0.1, 0.15) is 6.92 Å². The van der Waals surface area contributed by atoms with E-state index in [0.717, 1.165) is 16.7 Å². The van der Waals surface area contributed by atoms with E-state index in [1.165, 1.54) is 0 Å². The molecule has 2 aromatic heterocycles. The van der Waals surface area contributed by atoms with E-state index in [1.54, 1.807) is 12.4 Å². The summed E-state index contributed by atoms with van der Waals surface area (Å²) >= 11 is 0. The van der Waals surface area contributed by atoms with Crippen LogP contribution in [0.3, 0.4) is 0 Å². The summed E-state index contributed by atoms with van der Waals surface area (Å²) in [6.07, 6.45) is 5.45. The molecule has 0 unspecified atom stereocenters. The van der Waals surface area contributed by atoms with E-state index >= 15 is 0 Å². The van der Waals surface area contributed by atoms with Crippen LogP contribution >= 0.6 is 0 Å². The highest BCUT2D eigenvalue weighted by atomic mass is 16.5. The highest BCUT2D eigenvalue weighted by Crippen LogP contribution is 2.23. The smallest absolute Gasteiger partial charge is 0.234 e. The summed E-state index contributed by atoms with van der Waals surface area (Å²) in [7, 11) is 0. The molecule has 0 aliphatic heterocycles. The second-order valence-electron chi connectivity index (χ2n) is 3.89. The van der Waals surface area contributed by atoms with Gasteiger partial charge in [0.1, 0.15) is 5.75 Å². The van der Waals surface area contributed by atoms with Gasteiger partial charge in [0.25, 0.3) is 0 Å². The van der Waals surface area contributed by atoms with Gasteiger partial charge >= 0.3 is 0 Å². The summed E-state index contributed by atoms with van der Waals surface area (Å²) in [6, 6.07) is 9.86. The molecule has 0 amide bonds. The molecule has 0 N–H and O–H groups in total. The van der Waals surface area contributed by atoms with Crippen molar-refractivity contribution in [1.29, 1.82) is 0 Å². The van der Waals surface area contributed by atoms with Crippen molar-refractivity contribution in [1.82, 2.24) is 14.5 Å². The van der Waals surface area contributed by atoms with Gasteiger partial charge in [-0.3, -0.25) is 4.57 Å². The fourth-order valence-electron chi connectivity index (χ4n) is 1.97. The number of fused-ring (bicyclic) bond motifs is 1. The zero-order valence-electron chi connectivity index (χ0n) is 10.1. The summed E-state index contributed by atoms with van der Waals surface area (Å²) in [6.45, 7) is 2.65. The number of hydrogen-bond donors (Lipinski definition) is 0. The highest BCUT2D eigenvalue weighted by Gasteiger charge is 2.05. The molecular formula is C14H13N3O. The first-order chi connectivity index (χ1) is 8.88. The molecule has 0 fully saturated rings. The van der Waals surface area contributed by atoms with E-state index in [2.05, 4.69) is 9.97 Å². The highest BCUT2D eigenvalue weighted by molar-refractivity contribution is 5.82. The van der Waals surface area contributed by atoms with Crippen LogP contribution < -0.4 is 4.74 Å². The van der Waals surface area contributed by atoms with Gasteiger partial charge in [0.15, 0.2) is 0 Å². The molecule has 0 saturated carbocycles. The second-order valence-corrected chi connectivity index (χ2v) is 3.89. The van der Waals surface area contributed by atoms with Crippen LogP contribution in [0.25, 0.3) is 16.9 Å². The Balaban J connectivity index is 2.10. The van der Waals surface area contributed by atoms with Gasteiger partial charge < -0.3 is 4.74 Å². The molecule has 0 aliphatic rings. The molecule has 0 spiro atoms. The van der Waals surface area contributed by atoms with E-state index < -0.39 is 0 Å². The van der Waals surface area contributed by atoms with Gasteiger partial charge in [-0.15, -0.1) is 0 Å². The zero-order chi connectivity index (χ0) is 12.4. The average Bonchev–Trinajstić information content (AvgIpc) is 2.83. The van der Waals surface area contributed by atoms with Crippen molar-refractivity contribution in [2.75, 3.05) is 6.61 Å². The van der Waals surface area contributed by atoms with Crippen molar-refractivity contribution in [3.63, 3.8) is 0 Å². The summed E-state index contributed by atoms with van der Waals surface area (Å²) in [5.74, 6) is 1.56. The number of aromatic nitrogens is 3. The van der Waals surface area contributed by atoms with Gasteiger partial charge in [-0.25, -0.2) is 9.97 Å². The molecule has 0 aliphatic carbocycles. The first-order valence-corrected chi connectivity index (χ1v) is 5.90. The Hall–Kier alpha value is -2.36. The predicted octanol–water partition coefficient (Wildman–Crippen LogP) is 2.82. The first kappa shape index (κ1) is 10.8. The second kappa shape index (κ2) is 4.49. The van der Waals surface area contributed by atoms with Crippen molar-refractivity contribution in [2.24, 2.45) is 0 Å². The van der Waals surface area contributed by atoms with E-state index in [1.807, 2.05) is 48.0 Å². The Morgan fingerprint density at radius 3 is 2.78 bits per heavy atom. The lowest BCUT2D eigenvalue weighted by Crippen LogP contribution is -1.98. The van der Waals surface area contributed by atoms with Crippen LogP contribution in [0, 0.1) is 0 Å². The van der Waals surface area contributed by atoms with Gasteiger partial charge in [0.2, 0.25) is 5.95 Å². The fourth-order valence-corrected chi connectivity index (χ4v) is 1.97. The van der Waals surface area contributed by atoms with Crippen molar-refractivity contribution in [3.8, 4) is 11.7 Å². The first-order valence-electron chi connectivity index (χ1n) is 5.90. The molecule has 3 rings (SSSR count). The minimum absolute atomic E-state index is 0.675. The van der Waals surface area contributed by atoms with Crippen LogP contribution in [0.5, 0.6) is 5.75 Å². The van der Waals surface area contributed by atoms with Gasteiger partial charge in [-0.05, 0) is 37.3 Å².